The van der Waals surface area contributed by atoms with Gasteiger partial charge in [-0.2, -0.15) is 5.26 Å². The molecule has 1 aromatic rings. The standard InChI is InChI=1S/C13H14ClN3O/c14-13-7-10(8-15)1-2-11(13)9-17-5-3-12(16-18)4-6-17/h1-2,7,18H,3-6,9H2. The molecule has 0 amide bonds. The smallest absolute Gasteiger partial charge is 0.0992 e. The maximum atomic E-state index is 8.77. The van der Waals surface area contributed by atoms with E-state index in [-0.39, 0.29) is 0 Å². The fraction of sp³-hybridized carbons (Fsp3) is 0.385. The summed E-state index contributed by atoms with van der Waals surface area (Å²) in [7, 11) is 0. The van der Waals surface area contributed by atoms with Crippen LogP contribution in [0.3, 0.4) is 0 Å². The monoisotopic (exact) mass is 263 g/mol. The van der Waals surface area contributed by atoms with Gasteiger partial charge in [0.25, 0.3) is 0 Å². The number of likely N-dealkylation sites (tertiary alicyclic amines) is 1. The largest absolute Gasteiger partial charge is 0.411 e. The molecule has 0 unspecified atom stereocenters. The Morgan fingerprint density at radius 1 is 1.39 bits per heavy atom. The first-order chi connectivity index (χ1) is 8.72. The molecule has 0 radical (unpaired) electrons. The van der Waals surface area contributed by atoms with E-state index < -0.39 is 0 Å². The zero-order chi connectivity index (χ0) is 13.0. The van der Waals surface area contributed by atoms with Gasteiger partial charge in [0, 0.05) is 37.5 Å². The molecule has 18 heavy (non-hydrogen) atoms. The van der Waals surface area contributed by atoms with Crippen LogP contribution in [-0.2, 0) is 6.54 Å². The van der Waals surface area contributed by atoms with Crippen molar-refractivity contribution in [3.05, 3.63) is 34.3 Å². The third kappa shape index (κ3) is 3.00. The van der Waals surface area contributed by atoms with E-state index in [2.05, 4.69) is 16.1 Å². The number of rotatable bonds is 2. The van der Waals surface area contributed by atoms with E-state index in [4.69, 9.17) is 22.1 Å². The maximum absolute atomic E-state index is 8.77. The Morgan fingerprint density at radius 2 is 2.11 bits per heavy atom. The molecule has 1 aromatic carbocycles. The minimum absolute atomic E-state index is 0.581. The number of nitriles is 1. The highest BCUT2D eigenvalue weighted by Gasteiger charge is 2.16. The lowest BCUT2D eigenvalue weighted by atomic mass is 10.1. The van der Waals surface area contributed by atoms with Gasteiger partial charge in [-0.1, -0.05) is 22.8 Å². The van der Waals surface area contributed by atoms with Crippen molar-refractivity contribution in [1.29, 1.82) is 5.26 Å². The molecule has 1 aliphatic heterocycles. The molecule has 1 aliphatic rings. The quantitative estimate of drug-likeness (QED) is 0.659. The van der Waals surface area contributed by atoms with Gasteiger partial charge >= 0.3 is 0 Å². The van der Waals surface area contributed by atoms with Gasteiger partial charge in [-0.15, -0.1) is 0 Å². The molecule has 1 fully saturated rings. The first-order valence-corrected chi connectivity index (χ1v) is 6.21. The molecule has 5 heteroatoms. The Labute approximate surface area is 111 Å². The molecular weight excluding hydrogens is 250 g/mol. The van der Waals surface area contributed by atoms with Gasteiger partial charge in [-0.3, -0.25) is 4.90 Å². The summed E-state index contributed by atoms with van der Waals surface area (Å²) in [4.78, 5) is 2.27. The van der Waals surface area contributed by atoms with Crippen LogP contribution in [-0.4, -0.2) is 28.9 Å². The maximum Gasteiger partial charge on any atom is 0.0992 e. The van der Waals surface area contributed by atoms with Crippen molar-refractivity contribution in [2.24, 2.45) is 5.16 Å². The van der Waals surface area contributed by atoms with Gasteiger partial charge in [0.1, 0.15) is 0 Å². The predicted molar refractivity (Wildman–Crippen MR) is 69.9 cm³/mol. The number of halogens is 1. The lowest BCUT2D eigenvalue weighted by Crippen LogP contribution is -2.33. The molecule has 4 nitrogen and oxygen atoms in total. The number of oxime groups is 1. The van der Waals surface area contributed by atoms with E-state index >= 15 is 0 Å². The van der Waals surface area contributed by atoms with E-state index in [0.29, 0.717) is 10.6 Å². The van der Waals surface area contributed by atoms with Crippen molar-refractivity contribution in [2.45, 2.75) is 19.4 Å². The lowest BCUT2D eigenvalue weighted by Gasteiger charge is -2.27. The van der Waals surface area contributed by atoms with E-state index in [1.807, 2.05) is 6.07 Å². The number of hydrogen-bond donors (Lipinski definition) is 1. The van der Waals surface area contributed by atoms with Crippen LogP contribution in [0.1, 0.15) is 24.0 Å². The summed E-state index contributed by atoms with van der Waals surface area (Å²) < 4.78 is 0. The summed E-state index contributed by atoms with van der Waals surface area (Å²) in [5.41, 5.74) is 2.47. The molecule has 0 atom stereocenters. The van der Waals surface area contributed by atoms with Crippen molar-refractivity contribution in [1.82, 2.24) is 4.90 Å². The van der Waals surface area contributed by atoms with Gasteiger partial charge in [-0.25, -0.2) is 0 Å². The van der Waals surface area contributed by atoms with Gasteiger partial charge < -0.3 is 5.21 Å². The summed E-state index contributed by atoms with van der Waals surface area (Å²) in [5.74, 6) is 0. The van der Waals surface area contributed by atoms with Crippen LogP contribution in [0, 0.1) is 11.3 Å². The normalized spacial score (nSPS) is 16.3. The van der Waals surface area contributed by atoms with Crippen molar-refractivity contribution in [2.75, 3.05) is 13.1 Å². The molecule has 0 aromatic heterocycles. The minimum Gasteiger partial charge on any atom is -0.411 e. The van der Waals surface area contributed by atoms with Crippen LogP contribution in [0.2, 0.25) is 5.02 Å². The Hall–Kier alpha value is -1.57. The van der Waals surface area contributed by atoms with Crippen LogP contribution >= 0.6 is 11.6 Å². The number of benzene rings is 1. The average Bonchev–Trinajstić information content (AvgIpc) is 2.42. The topological polar surface area (TPSA) is 59.6 Å². The molecule has 0 saturated carbocycles. The minimum atomic E-state index is 0.581. The third-order valence-electron chi connectivity index (χ3n) is 3.15. The zero-order valence-electron chi connectivity index (χ0n) is 9.93. The molecular formula is C13H14ClN3O. The van der Waals surface area contributed by atoms with Gasteiger partial charge in [0.15, 0.2) is 0 Å². The summed E-state index contributed by atoms with van der Waals surface area (Å²) >= 11 is 6.14. The van der Waals surface area contributed by atoms with E-state index in [1.54, 1.807) is 12.1 Å². The third-order valence-corrected chi connectivity index (χ3v) is 3.50. The van der Waals surface area contributed by atoms with Crippen LogP contribution in [0.25, 0.3) is 0 Å². The van der Waals surface area contributed by atoms with E-state index in [1.165, 1.54) is 0 Å². The van der Waals surface area contributed by atoms with Crippen LogP contribution in [0.5, 0.6) is 0 Å². The molecule has 1 N–H and O–H groups in total. The van der Waals surface area contributed by atoms with Gasteiger partial charge in [0.05, 0.1) is 17.3 Å². The number of nitrogens with zero attached hydrogens (tertiary/aromatic N) is 3. The summed E-state index contributed by atoms with van der Waals surface area (Å²) in [6, 6.07) is 7.45. The molecule has 0 spiro atoms. The first-order valence-electron chi connectivity index (χ1n) is 5.83. The molecule has 0 aliphatic carbocycles. The van der Waals surface area contributed by atoms with Crippen molar-refractivity contribution in [3.8, 4) is 6.07 Å². The first kappa shape index (κ1) is 12.9. The Kier molecular flexibility index (Phi) is 4.19. The molecule has 2 rings (SSSR count). The molecule has 94 valence electrons. The van der Waals surface area contributed by atoms with E-state index in [0.717, 1.165) is 43.8 Å². The Bertz CT molecular complexity index is 497. The number of piperidine rings is 1. The SMILES string of the molecule is N#Cc1ccc(CN2CCC(=NO)CC2)c(Cl)c1. The average molecular weight is 264 g/mol. The highest BCUT2D eigenvalue weighted by molar-refractivity contribution is 6.31. The second-order valence-corrected chi connectivity index (χ2v) is 4.77. The second kappa shape index (κ2) is 5.85. The predicted octanol–water partition coefficient (Wildman–Crippen LogP) is 2.64. The summed E-state index contributed by atoms with van der Waals surface area (Å²) in [5, 5.41) is 21.4. The second-order valence-electron chi connectivity index (χ2n) is 4.36. The van der Waals surface area contributed by atoms with E-state index in [9.17, 15) is 0 Å². The fourth-order valence-electron chi connectivity index (χ4n) is 2.06. The molecule has 1 saturated heterocycles. The van der Waals surface area contributed by atoms with Gasteiger partial charge in [-0.05, 0) is 17.7 Å². The van der Waals surface area contributed by atoms with Crippen LogP contribution in [0.4, 0.5) is 0 Å². The molecule has 0 bridgehead atoms. The van der Waals surface area contributed by atoms with Gasteiger partial charge in [0.2, 0.25) is 0 Å². The van der Waals surface area contributed by atoms with Crippen molar-refractivity contribution < 1.29 is 5.21 Å². The Morgan fingerprint density at radius 3 is 2.67 bits per heavy atom. The molecule has 1 heterocycles. The van der Waals surface area contributed by atoms with Crippen LogP contribution in [0.15, 0.2) is 23.4 Å². The highest BCUT2D eigenvalue weighted by atomic mass is 35.5. The summed E-state index contributed by atoms with van der Waals surface area (Å²) in [6.45, 7) is 2.51. The Balaban J connectivity index is 2.00. The van der Waals surface area contributed by atoms with Crippen LogP contribution < -0.4 is 0 Å². The zero-order valence-corrected chi connectivity index (χ0v) is 10.7. The number of hydrogen-bond acceptors (Lipinski definition) is 4. The van der Waals surface area contributed by atoms with Crippen molar-refractivity contribution in [3.63, 3.8) is 0 Å². The highest BCUT2D eigenvalue weighted by Crippen LogP contribution is 2.20. The lowest BCUT2D eigenvalue weighted by molar-refractivity contribution is 0.256. The van der Waals surface area contributed by atoms with Crippen molar-refractivity contribution >= 4 is 17.3 Å². The fourth-order valence-corrected chi connectivity index (χ4v) is 2.30. The summed E-state index contributed by atoms with van der Waals surface area (Å²) in [6.07, 6.45) is 1.59.